The van der Waals surface area contributed by atoms with Crippen molar-refractivity contribution in [2.45, 2.75) is 97.2 Å². The minimum absolute atomic E-state index is 0.116. The van der Waals surface area contributed by atoms with Crippen molar-refractivity contribution in [1.29, 1.82) is 0 Å². The number of halogens is 1. The third kappa shape index (κ3) is 6.79. The van der Waals surface area contributed by atoms with Crippen LogP contribution in [0.15, 0.2) is 18.2 Å². The lowest BCUT2D eigenvalue weighted by atomic mass is 9.74. The highest BCUT2D eigenvalue weighted by molar-refractivity contribution is 5.25. The van der Waals surface area contributed by atoms with E-state index in [1.165, 1.54) is 51.4 Å². The molecule has 0 aromatic heterocycles. The summed E-state index contributed by atoms with van der Waals surface area (Å²) in [6.07, 6.45) is 14.7. The predicted octanol–water partition coefficient (Wildman–Crippen LogP) is 7.61. The molecule has 1 saturated heterocycles. The highest BCUT2D eigenvalue weighted by Crippen LogP contribution is 2.38. The van der Waals surface area contributed by atoms with Gasteiger partial charge in [-0.15, -0.1) is 0 Å². The maximum absolute atomic E-state index is 14.4. The van der Waals surface area contributed by atoms with Gasteiger partial charge in [-0.05, 0) is 49.1 Å². The highest BCUT2D eigenvalue weighted by atomic mass is 19.1. The van der Waals surface area contributed by atoms with E-state index in [4.69, 9.17) is 9.47 Å². The van der Waals surface area contributed by atoms with E-state index in [2.05, 4.69) is 13.8 Å². The molecule has 0 spiro atoms. The van der Waals surface area contributed by atoms with E-state index in [0.717, 1.165) is 61.9 Å². The maximum Gasteiger partial charge on any atom is 0.183 e. The smallest absolute Gasteiger partial charge is 0.183 e. The minimum atomic E-state index is -0.407. The molecule has 1 saturated carbocycles. The van der Waals surface area contributed by atoms with Gasteiger partial charge in [-0.1, -0.05) is 77.3 Å². The van der Waals surface area contributed by atoms with Crippen molar-refractivity contribution < 1.29 is 13.9 Å². The lowest BCUT2D eigenvalue weighted by molar-refractivity contribution is -0.214. The third-order valence-electron chi connectivity index (χ3n) is 7.10. The van der Waals surface area contributed by atoms with Crippen LogP contribution < -0.4 is 0 Å². The Morgan fingerprint density at radius 1 is 0.862 bits per heavy atom. The number of hydrogen-bond donors (Lipinski definition) is 0. The molecule has 0 radical (unpaired) electrons. The van der Waals surface area contributed by atoms with Crippen LogP contribution in [0, 0.1) is 23.6 Å². The van der Waals surface area contributed by atoms with Crippen molar-refractivity contribution in [2.24, 2.45) is 17.8 Å². The first-order valence-corrected chi connectivity index (χ1v) is 12.2. The van der Waals surface area contributed by atoms with Crippen molar-refractivity contribution in [2.75, 3.05) is 13.2 Å². The number of hydrogen-bond acceptors (Lipinski definition) is 2. The molecular formula is C26H41FO2. The molecule has 1 aromatic rings. The van der Waals surface area contributed by atoms with Gasteiger partial charge >= 0.3 is 0 Å². The van der Waals surface area contributed by atoms with E-state index in [-0.39, 0.29) is 5.82 Å². The molecule has 2 aliphatic rings. The zero-order chi connectivity index (χ0) is 20.5. The fraction of sp³-hybridized carbons (Fsp3) is 0.769. The molecule has 1 aliphatic heterocycles. The van der Waals surface area contributed by atoms with Crippen LogP contribution in [0.25, 0.3) is 0 Å². The van der Waals surface area contributed by atoms with E-state index >= 15 is 0 Å². The van der Waals surface area contributed by atoms with Crippen LogP contribution >= 0.6 is 0 Å². The molecule has 1 heterocycles. The van der Waals surface area contributed by atoms with Gasteiger partial charge in [0.2, 0.25) is 0 Å². The fourth-order valence-corrected chi connectivity index (χ4v) is 5.09. The molecule has 0 unspecified atom stereocenters. The largest absolute Gasteiger partial charge is 0.348 e. The first-order valence-electron chi connectivity index (χ1n) is 12.2. The molecule has 0 atom stereocenters. The quantitative estimate of drug-likeness (QED) is 0.374. The summed E-state index contributed by atoms with van der Waals surface area (Å²) in [6.45, 7) is 5.94. The van der Waals surface area contributed by atoms with Gasteiger partial charge in [0.15, 0.2) is 6.29 Å². The summed E-state index contributed by atoms with van der Waals surface area (Å²) in [5.41, 5.74) is 1.63. The van der Waals surface area contributed by atoms with Crippen LogP contribution in [0.4, 0.5) is 4.39 Å². The lowest BCUT2D eigenvalue weighted by Crippen LogP contribution is -2.34. The van der Waals surface area contributed by atoms with Gasteiger partial charge in [0.05, 0.1) is 13.2 Å². The molecule has 0 amide bonds. The Bertz CT molecular complexity index is 586. The second-order valence-electron chi connectivity index (χ2n) is 9.34. The zero-order valence-electron chi connectivity index (χ0n) is 18.6. The Kier molecular flexibility index (Phi) is 9.45. The van der Waals surface area contributed by atoms with Crippen molar-refractivity contribution in [3.05, 3.63) is 35.1 Å². The lowest BCUT2D eigenvalue weighted by Gasteiger charge is -2.38. The molecule has 0 N–H and O–H groups in total. The Hall–Kier alpha value is -0.930. The van der Waals surface area contributed by atoms with Gasteiger partial charge in [-0.2, -0.15) is 0 Å². The number of ether oxygens (including phenoxy) is 2. The number of aryl methyl sites for hydroxylation is 1. The van der Waals surface area contributed by atoms with Crippen LogP contribution in [0.3, 0.4) is 0 Å². The Morgan fingerprint density at radius 2 is 1.55 bits per heavy atom. The van der Waals surface area contributed by atoms with Crippen molar-refractivity contribution in [1.82, 2.24) is 0 Å². The summed E-state index contributed by atoms with van der Waals surface area (Å²) in [5.74, 6) is 2.06. The van der Waals surface area contributed by atoms with E-state index in [1.807, 2.05) is 12.1 Å². The van der Waals surface area contributed by atoms with Gasteiger partial charge in [0, 0.05) is 11.5 Å². The fourth-order valence-electron chi connectivity index (χ4n) is 5.09. The van der Waals surface area contributed by atoms with Crippen LogP contribution in [0.2, 0.25) is 0 Å². The SMILES string of the molecule is CCCCCc1ccc(C2OCC([C@H]3CC[C@H](CCCCC)CC3)CO2)cc1F. The molecule has 1 aromatic carbocycles. The standard InChI is InChI=1S/C26H41FO2/c1-3-5-7-9-20-11-13-21(14-12-20)24-18-28-26(29-19-24)23-16-15-22(25(27)17-23)10-8-6-4-2/h15-17,20-21,24,26H,3-14,18-19H2,1-2H3/t20-,21-,24?,26?. The second kappa shape index (κ2) is 12.1. The normalized spacial score (nSPS) is 27.8. The Morgan fingerprint density at radius 3 is 2.21 bits per heavy atom. The first kappa shape index (κ1) is 22.7. The minimum Gasteiger partial charge on any atom is -0.348 e. The van der Waals surface area contributed by atoms with Crippen molar-refractivity contribution >= 4 is 0 Å². The van der Waals surface area contributed by atoms with Gasteiger partial charge in [0.1, 0.15) is 5.82 Å². The van der Waals surface area contributed by atoms with E-state index in [1.54, 1.807) is 6.07 Å². The average molecular weight is 405 g/mol. The Labute approximate surface area is 177 Å². The molecule has 3 rings (SSSR count). The van der Waals surface area contributed by atoms with E-state index < -0.39 is 6.29 Å². The molecule has 3 heteroatoms. The highest BCUT2D eigenvalue weighted by Gasteiger charge is 2.32. The van der Waals surface area contributed by atoms with Crippen molar-refractivity contribution in [3.8, 4) is 0 Å². The molecule has 2 nitrogen and oxygen atoms in total. The summed E-state index contributed by atoms with van der Waals surface area (Å²) in [5, 5.41) is 0. The molecule has 1 aliphatic carbocycles. The molecule has 29 heavy (non-hydrogen) atoms. The molecule has 164 valence electrons. The zero-order valence-corrected chi connectivity index (χ0v) is 18.6. The second-order valence-corrected chi connectivity index (χ2v) is 9.34. The Balaban J connectivity index is 1.42. The molecule has 0 bridgehead atoms. The maximum atomic E-state index is 14.4. The summed E-state index contributed by atoms with van der Waals surface area (Å²) < 4.78 is 26.5. The van der Waals surface area contributed by atoms with Crippen LogP contribution in [-0.2, 0) is 15.9 Å². The number of rotatable bonds is 10. The predicted molar refractivity (Wildman–Crippen MR) is 117 cm³/mol. The number of benzene rings is 1. The van der Waals surface area contributed by atoms with Gasteiger partial charge in [-0.25, -0.2) is 4.39 Å². The summed E-state index contributed by atoms with van der Waals surface area (Å²) in [7, 11) is 0. The average Bonchev–Trinajstić information content (AvgIpc) is 2.76. The van der Waals surface area contributed by atoms with E-state index in [9.17, 15) is 4.39 Å². The summed E-state index contributed by atoms with van der Waals surface area (Å²) >= 11 is 0. The van der Waals surface area contributed by atoms with Crippen molar-refractivity contribution in [3.63, 3.8) is 0 Å². The summed E-state index contributed by atoms with van der Waals surface area (Å²) in [6, 6.07) is 5.52. The van der Waals surface area contributed by atoms with Gasteiger partial charge < -0.3 is 9.47 Å². The molecule has 2 fully saturated rings. The number of unbranched alkanes of at least 4 members (excludes halogenated alkanes) is 4. The van der Waals surface area contributed by atoms with Crippen LogP contribution in [0.1, 0.15) is 102 Å². The topological polar surface area (TPSA) is 18.5 Å². The van der Waals surface area contributed by atoms with Crippen LogP contribution in [0.5, 0.6) is 0 Å². The van der Waals surface area contributed by atoms with Gasteiger partial charge in [-0.3, -0.25) is 0 Å². The molecular weight excluding hydrogens is 363 g/mol. The van der Waals surface area contributed by atoms with E-state index in [0.29, 0.717) is 5.92 Å². The van der Waals surface area contributed by atoms with Gasteiger partial charge in [0.25, 0.3) is 0 Å². The monoisotopic (exact) mass is 404 g/mol. The first-order chi connectivity index (χ1) is 14.2. The van der Waals surface area contributed by atoms with Crippen LogP contribution in [-0.4, -0.2) is 13.2 Å². The summed E-state index contributed by atoms with van der Waals surface area (Å²) in [4.78, 5) is 0. The third-order valence-corrected chi connectivity index (χ3v) is 7.10.